The Morgan fingerprint density at radius 3 is 0.750 bits per heavy atom. The fourth-order valence-corrected chi connectivity index (χ4v) is 0.385. The van der Waals surface area contributed by atoms with Crippen LogP contribution in [0.3, 0.4) is 0 Å². The number of benzene rings is 1. The van der Waals surface area contributed by atoms with Gasteiger partial charge in [-0.3, -0.25) is 0 Å². The van der Waals surface area contributed by atoms with Crippen LogP contribution < -0.4 is 0 Å². The summed E-state index contributed by atoms with van der Waals surface area (Å²) in [4.78, 5) is 0. The average molecular weight is 242 g/mol. The maximum atomic E-state index is 2.00. The zero-order valence-corrected chi connectivity index (χ0v) is 7.43. The zero-order valence-electron chi connectivity index (χ0n) is 4.28. The highest BCUT2D eigenvalue weighted by Crippen LogP contribution is 1.79. The smallest absolute Gasteiger partial charge is 0.0623 e. The molecule has 0 saturated heterocycles. The SMILES string of the molecule is Cl.I.c1ccccc1. The highest BCUT2D eigenvalue weighted by Gasteiger charge is 1.57. The molecule has 0 aliphatic carbocycles. The zero-order chi connectivity index (χ0) is 4.24. The topological polar surface area (TPSA) is 0 Å². The summed E-state index contributed by atoms with van der Waals surface area (Å²) >= 11 is 0. The molecule has 0 amide bonds. The van der Waals surface area contributed by atoms with Crippen LogP contribution >= 0.6 is 36.4 Å². The lowest BCUT2D eigenvalue weighted by atomic mass is 10.4. The van der Waals surface area contributed by atoms with Crippen LogP contribution in [-0.4, -0.2) is 0 Å². The van der Waals surface area contributed by atoms with E-state index < -0.39 is 0 Å². The summed E-state index contributed by atoms with van der Waals surface area (Å²) in [6.45, 7) is 0. The molecule has 0 saturated carbocycles. The van der Waals surface area contributed by atoms with E-state index in [1.165, 1.54) is 0 Å². The van der Waals surface area contributed by atoms with Gasteiger partial charge < -0.3 is 0 Å². The van der Waals surface area contributed by atoms with E-state index in [1.54, 1.807) is 0 Å². The van der Waals surface area contributed by atoms with Gasteiger partial charge in [0.05, 0.1) is 0 Å². The second kappa shape index (κ2) is 7.24. The van der Waals surface area contributed by atoms with E-state index in [0.29, 0.717) is 0 Å². The van der Waals surface area contributed by atoms with Crippen LogP contribution in [0.4, 0.5) is 0 Å². The molecule has 0 unspecified atom stereocenters. The van der Waals surface area contributed by atoms with Crippen molar-refractivity contribution in [1.29, 1.82) is 0 Å². The number of hydrogen-bond acceptors (Lipinski definition) is 0. The van der Waals surface area contributed by atoms with E-state index in [1.807, 2.05) is 36.4 Å². The Balaban J connectivity index is 0. The van der Waals surface area contributed by atoms with E-state index >= 15 is 0 Å². The molecule has 0 bridgehead atoms. The number of rotatable bonds is 0. The molecule has 0 N–H and O–H groups in total. The summed E-state index contributed by atoms with van der Waals surface area (Å²) in [5.74, 6) is 0. The third-order valence-corrected chi connectivity index (χ3v) is 0.667. The van der Waals surface area contributed by atoms with Crippen molar-refractivity contribution in [3.63, 3.8) is 0 Å². The minimum absolute atomic E-state index is 0. The molecule has 0 nitrogen and oxygen atoms in total. The standard InChI is InChI=1S/C6H6.ClH.HI/c1-2-4-6-5-3-1;;/h1-6H;2*1H. The molecule has 1 aromatic rings. The largest absolute Gasteiger partial charge is 0.147 e. The van der Waals surface area contributed by atoms with Gasteiger partial charge in [0.1, 0.15) is 0 Å². The molecule has 1 rings (SSSR count). The third kappa shape index (κ3) is 4.40. The van der Waals surface area contributed by atoms with Crippen LogP contribution in [0.5, 0.6) is 0 Å². The van der Waals surface area contributed by atoms with Crippen LogP contribution in [0, 0.1) is 0 Å². The Morgan fingerprint density at radius 2 is 0.625 bits per heavy atom. The maximum absolute atomic E-state index is 2.00. The molecule has 8 heavy (non-hydrogen) atoms. The summed E-state index contributed by atoms with van der Waals surface area (Å²) in [6, 6.07) is 12.0. The van der Waals surface area contributed by atoms with Gasteiger partial charge in [0.25, 0.3) is 0 Å². The van der Waals surface area contributed by atoms with Gasteiger partial charge in [-0.1, -0.05) is 36.4 Å². The van der Waals surface area contributed by atoms with Crippen LogP contribution in [0.25, 0.3) is 0 Å². The summed E-state index contributed by atoms with van der Waals surface area (Å²) in [5, 5.41) is 0. The van der Waals surface area contributed by atoms with Gasteiger partial charge in [-0.15, -0.1) is 36.4 Å². The van der Waals surface area contributed by atoms with Crippen molar-refractivity contribution in [2.24, 2.45) is 0 Å². The van der Waals surface area contributed by atoms with Crippen molar-refractivity contribution in [3.8, 4) is 0 Å². The molecule has 0 aliphatic rings. The molecular formula is C6H8ClI. The first kappa shape index (κ1) is 11.1. The summed E-state index contributed by atoms with van der Waals surface area (Å²) < 4.78 is 0. The predicted molar refractivity (Wildman–Crippen MR) is 49.1 cm³/mol. The minimum Gasteiger partial charge on any atom is -0.147 e. The summed E-state index contributed by atoms with van der Waals surface area (Å²) in [6.07, 6.45) is 0. The van der Waals surface area contributed by atoms with Gasteiger partial charge in [-0.25, -0.2) is 0 Å². The molecule has 2 heteroatoms. The van der Waals surface area contributed by atoms with Crippen molar-refractivity contribution in [2.75, 3.05) is 0 Å². The second-order valence-corrected chi connectivity index (χ2v) is 1.15. The Labute approximate surface area is 72.7 Å². The fraction of sp³-hybridized carbons (Fsp3) is 0. The van der Waals surface area contributed by atoms with Crippen molar-refractivity contribution in [3.05, 3.63) is 36.4 Å². The van der Waals surface area contributed by atoms with Gasteiger partial charge in [-0.2, -0.15) is 0 Å². The predicted octanol–water partition coefficient (Wildman–Crippen LogP) is 2.73. The summed E-state index contributed by atoms with van der Waals surface area (Å²) in [7, 11) is 0. The van der Waals surface area contributed by atoms with E-state index in [4.69, 9.17) is 0 Å². The molecule has 1 aromatic carbocycles. The van der Waals surface area contributed by atoms with Gasteiger partial charge in [0.2, 0.25) is 0 Å². The van der Waals surface area contributed by atoms with Gasteiger partial charge in [0.15, 0.2) is 0 Å². The highest BCUT2D eigenvalue weighted by molar-refractivity contribution is 14.0. The first-order chi connectivity index (χ1) is 3.00. The lowest BCUT2D eigenvalue weighted by Crippen LogP contribution is -1.47. The second-order valence-electron chi connectivity index (χ2n) is 1.15. The van der Waals surface area contributed by atoms with Crippen molar-refractivity contribution < 1.29 is 0 Å². The van der Waals surface area contributed by atoms with Gasteiger partial charge in [-0.05, 0) is 0 Å². The molecular weight excluding hydrogens is 234 g/mol. The molecule has 0 heterocycles. The van der Waals surface area contributed by atoms with E-state index in [0.717, 1.165) is 0 Å². The van der Waals surface area contributed by atoms with E-state index in [-0.39, 0.29) is 36.4 Å². The van der Waals surface area contributed by atoms with Crippen LogP contribution in [-0.2, 0) is 0 Å². The monoisotopic (exact) mass is 242 g/mol. The van der Waals surface area contributed by atoms with Gasteiger partial charge >= 0.3 is 0 Å². The number of hydrogen-bond donors (Lipinski definition) is 0. The lowest BCUT2D eigenvalue weighted by Gasteiger charge is -1.69. The molecule has 0 aromatic heterocycles. The minimum atomic E-state index is 0. The summed E-state index contributed by atoms with van der Waals surface area (Å²) in [5.41, 5.74) is 0. The van der Waals surface area contributed by atoms with Crippen molar-refractivity contribution in [1.82, 2.24) is 0 Å². The Hall–Kier alpha value is 0.240. The molecule has 0 atom stereocenters. The quantitative estimate of drug-likeness (QED) is 0.614. The first-order valence-electron chi connectivity index (χ1n) is 2.00. The van der Waals surface area contributed by atoms with Crippen LogP contribution in [0.1, 0.15) is 0 Å². The number of halogens is 2. The molecule has 0 radical (unpaired) electrons. The molecule has 46 valence electrons. The third-order valence-electron chi connectivity index (χ3n) is 0.667. The Bertz CT molecular complexity index is 80.5. The molecule has 0 spiro atoms. The van der Waals surface area contributed by atoms with Crippen LogP contribution in [0.2, 0.25) is 0 Å². The lowest BCUT2D eigenvalue weighted by molar-refractivity contribution is 1.72. The normalized spacial score (nSPS) is 6.00. The van der Waals surface area contributed by atoms with E-state index in [2.05, 4.69) is 0 Å². The van der Waals surface area contributed by atoms with E-state index in [9.17, 15) is 0 Å². The first-order valence-corrected chi connectivity index (χ1v) is 2.00. The maximum Gasteiger partial charge on any atom is -0.0623 e. The average Bonchev–Trinajstić information content (AvgIpc) is 1.72. The van der Waals surface area contributed by atoms with Crippen LogP contribution in [0.15, 0.2) is 36.4 Å². The molecule has 0 fully saturated rings. The highest BCUT2D eigenvalue weighted by atomic mass is 127. The Kier molecular flexibility index (Phi) is 10.0. The fourth-order valence-electron chi connectivity index (χ4n) is 0.385. The van der Waals surface area contributed by atoms with Gasteiger partial charge in [0, 0.05) is 0 Å². The Morgan fingerprint density at radius 1 is 0.500 bits per heavy atom. The molecule has 0 aliphatic heterocycles. The van der Waals surface area contributed by atoms with Crippen molar-refractivity contribution in [2.45, 2.75) is 0 Å². The van der Waals surface area contributed by atoms with Crippen molar-refractivity contribution >= 4 is 36.4 Å².